The highest BCUT2D eigenvalue weighted by molar-refractivity contribution is 7.99. The molecule has 0 bridgehead atoms. The lowest BCUT2D eigenvalue weighted by molar-refractivity contribution is 0.707. The normalized spacial score (nSPS) is 14.9. The van der Waals surface area contributed by atoms with Gasteiger partial charge in [0.1, 0.15) is 0 Å². The predicted octanol–water partition coefficient (Wildman–Crippen LogP) is 16.5. The molecule has 3 heteroatoms. The summed E-state index contributed by atoms with van der Waals surface area (Å²) < 4.78 is 2.45. The lowest BCUT2D eigenvalue weighted by Gasteiger charge is -2.46. The van der Waals surface area contributed by atoms with Gasteiger partial charge in [0.15, 0.2) is 0 Å². The molecule has 2 aliphatic rings. The fraction of sp³-hybridized carbons (Fsp3) is 0.0164. The Kier molecular flexibility index (Phi) is 7.57. The monoisotopic (exact) mass is 830 g/mol. The van der Waals surface area contributed by atoms with Gasteiger partial charge in [0, 0.05) is 42.7 Å². The van der Waals surface area contributed by atoms with Crippen LogP contribution in [0.5, 0.6) is 0 Å². The lowest BCUT2D eigenvalue weighted by atomic mass is 9.59. The maximum absolute atomic E-state index is 2.49. The Hall–Kier alpha value is -7.85. The molecule has 14 rings (SSSR count). The van der Waals surface area contributed by atoms with Gasteiger partial charge in [-0.25, -0.2) is 0 Å². The van der Waals surface area contributed by atoms with Crippen molar-refractivity contribution >= 4 is 82.9 Å². The molecule has 0 amide bonds. The van der Waals surface area contributed by atoms with Crippen molar-refractivity contribution in [3.8, 4) is 16.8 Å². The number of aromatic nitrogens is 1. The summed E-state index contributed by atoms with van der Waals surface area (Å²) in [5.41, 5.74) is 14.4. The van der Waals surface area contributed by atoms with Gasteiger partial charge < -0.3 is 9.47 Å². The van der Waals surface area contributed by atoms with Crippen LogP contribution in [-0.4, -0.2) is 4.57 Å². The zero-order valence-corrected chi connectivity index (χ0v) is 35.6. The zero-order chi connectivity index (χ0) is 41.9. The molecule has 0 N–H and O–H groups in total. The Morgan fingerprint density at radius 3 is 1.83 bits per heavy atom. The van der Waals surface area contributed by atoms with E-state index in [-0.39, 0.29) is 0 Å². The van der Waals surface area contributed by atoms with Crippen LogP contribution in [0.4, 0.5) is 17.1 Å². The van der Waals surface area contributed by atoms with Gasteiger partial charge in [-0.05, 0) is 110 Å². The van der Waals surface area contributed by atoms with Gasteiger partial charge in [-0.15, -0.1) is 0 Å². The zero-order valence-electron chi connectivity index (χ0n) is 34.7. The first-order chi connectivity index (χ1) is 31.8. The Morgan fingerprint density at radius 2 is 0.938 bits per heavy atom. The Bertz CT molecular complexity index is 3900. The summed E-state index contributed by atoms with van der Waals surface area (Å²) in [6.45, 7) is 0. The largest absolute Gasteiger partial charge is 0.310 e. The van der Waals surface area contributed by atoms with Crippen molar-refractivity contribution in [3.63, 3.8) is 0 Å². The van der Waals surface area contributed by atoms with Crippen molar-refractivity contribution in [1.82, 2.24) is 4.57 Å². The second kappa shape index (κ2) is 13.6. The minimum Gasteiger partial charge on any atom is -0.310 e. The Labute approximate surface area is 375 Å². The molecule has 64 heavy (non-hydrogen) atoms. The van der Waals surface area contributed by atoms with Crippen LogP contribution in [0.15, 0.2) is 240 Å². The van der Waals surface area contributed by atoms with E-state index in [9.17, 15) is 0 Å². The topological polar surface area (TPSA) is 8.17 Å². The van der Waals surface area contributed by atoms with Crippen LogP contribution in [0.25, 0.3) is 70.9 Å². The number of nitrogens with zero attached hydrogens (tertiary/aromatic N) is 2. The molecule has 1 unspecified atom stereocenters. The summed E-state index contributed by atoms with van der Waals surface area (Å²) in [5, 5.41) is 9.96. The van der Waals surface area contributed by atoms with Gasteiger partial charge >= 0.3 is 0 Å². The fourth-order valence-corrected chi connectivity index (χ4v) is 12.6. The SMILES string of the molecule is c1ccc2c(c1)Sc1cc(N(c3ccc4c(c3)c3ccccc3n4-c3cccc4ccccc34)c3cccc4ccccc34)ccc1C21c2ccccc2-c2cccc3cccc1c23. The Morgan fingerprint density at radius 1 is 0.359 bits per heavy atom. The summed E-state index contributed by atoms with van der Waals surface area (Å²) in [7, 11) is 0. The molecule has 0 radical (unpaired) electrons. The number of benzene rings is 11. The molecular formula is C61H38N2S. The van der Waals surface area contributed by atoms with E-state index in [2.05, 4.69) is 240 Å². The lowest BCUT2D eigenvalue weighted by Crippen LogP contribution is -2.36. The third-order valence-electron chi connectivity index (χ3n) is 14.0. The molecule has 1 aromatic heterocycles. The average molecular weight is 831 g/mol. The standard InChI is InChI=1S/C61H38N2S/c1-3-21-44-39(15-1)17-13-30-54(44)62(42-34-36-57-49(37-42)47-24-6-9-29-56(47)63(57)55-31-14-18-40-16-2-4-22-45(40)55)43-33-35-52-59(38-43)64-58-32-10-8-27-51(58)61(52)50-26-7-5-23-46(50)48-25-11-19-41-20-12-28-53(61)60(41)48/h1-38H. The summed E-state index contributed by atoms with van der Waals surface area (Å²) >= 11 is 1.90. The number of hydrogen-bond donors (Lipinski definition) is 0. The summed E-state index contributed by atoms with van der Waals surface area (Å²) in [6.07, 6.45) is 0. The van der Waals surface area contributed by atoms with Crippen LogP contribution < -0.4 is 4.90 Å². The van der Waals surface area contributed by atoms with Crippen molar-refractivity contribution in [2.24, 2.45) is 0 Å². The molecule has 1 aliphatic carbocycles. The molecule has 0 saturated carbocycles. The van der Waals surface area contributed by atoms with Gasteiger partial charge in [0.2, 0.25) is 0 Å². The number of para-hydroxylation sites is 1. The molecule has 0 saturated heterocycles. The highest BCUT2D eigenvalue weighted by Crippen LogP contribution is 2.62. The van der Waals surface area contributed by atoms with E-state index in [1.165, 1.54) is 103 Å². The first-order valence-corrected chi connectivity index (χ1v) is 22.9. The molecule has 1 aliphatic heterocycles. The van der Waals surface area contributed by atoms with E-state index in [0.717, 1.165) is 17.1 Å². The average Bonchev–Trinajstić information content (AvgIpc) is 3.68. The summed E-state index contributed by atoms with van der Waals surface area (Å²) in [4.78, 5) is 5.05. The van der Waals surface area contributed by atoms with Crippen molar-refractivity contribution < 1.29 is 0 Å². The molecule has 2 nitrogen and oxygen atoms in total. The minimum absolute atomic E-state index is 0.507. The van der Waals surface area contributed by atoms with Gasteiger partial charge in [-0.1, -0.05) is 188 Å². The van der Waals surface area contributed by atoms with Crippen molar-refractivity contribution in [2.75, 3.05) is 4.90 Å². The van der Waals surface area contributed by atoms with Crippen molar-refractivity contribution in [1.29, 1.82) is 0 Å². The molecule has 2 heterocycles. The van der Waals surface area contributed by atoms with Gasteiger partial charge in [0.25, 0.3) is 0 Å². The summed E-state index contributed by atoms with van der Waals surface area (Å²) in [6, 6.07) is 86.0. The van der Waals surface area contributed by atoms with Crippen LogP contribution >= 0.6 is 11.8 Å². The van der Waals surface area contributed by atoms with E-state index in [1.807, 2.05) is 11.8 Å². The smallest absolute Gasteiger partial charge is 0.0735 e. The van der Waals surface area contributed by atoms with Crippen LogP contribution in [0.3, 0.4) is 0 Å². The van der Waals surface area contributed by atoms with Crippen molar-refractivity contribution in [3.05, 3.63) is 253 Å². The van der Waals surface area contributed by atoms with Crippen LogP contribution in [-0.2, 0) is 5.41 Å². The highest BCUT2D eigenvalue weighted by atomic mass is 32.2. The van der Waals surface area contributed by atoms with E-state index >= 15 is 0 Å². The molecular weight excluding hydrogens is 793 g/mol. The van der Waals surface area contributed by atoms with E-state index in [1.54, 1.807) is 0 Å². The minimum atomic E-state index is -0.507. The molecule has 1 atom stereocenters. The highest BCUT2D eigenvalue weighted by Gasteiger charge is 2.48. The molecule has 0 fully saturated rings. The quantitative estimate of drug-likeness (QED) is 0.175. The van der Waals surface area contributed by atoms with E-state index in [0.29, 0.717) is 0 Å². The van der Waals surface area contributed by atoms with Gasteiger partial charge in [-0.3, -0.25) is 0 Å². The number of anilines is 3. The Balaban J connectivity index is 1.04. The van der Waals surface area contributed by atoms with E-state index in [4.69, 9.17) is 0 Å². The molecule has 12 aromatic rings. The maximum atomic E-state index is 2.49. The molecule has 298 valence electrons. The second-order valence-corrected chi connectivity index (χ2v) is 18.3. The van der Waals surface area contributed by atoms with Gasteiger partial charge in [0.05, 0.1) is 27.8 Å². The van der Waals surface area contributed by atoms with Crippen LogP contribution in [0, 0.1) is 0 Å². The predicted molar refractivity (Wildman–Crippen MR) is 269 cm³/mol. The number of hydrogen-bond acceptors (Lipinski definition) is 2. The van der Waals surface area contributed by atoms with Gasteiger partial charge in [-0.2, -0.15) is 0 Å². The third kappa shape index (κ3) is 4.87. The maximum Gasteiger partial charge on any atom is 0.0735 e. The van der Waals surface area contributed by atoms with Crippen LogP contribution in [0.1, 0.15) is 22.3 Å². The third-order valence-corrected chi connectivity index (χ3v) is 15.1. The number of fused-ring (bicyclic) bond motifs is 13. The number of rotatable bonds is 4. The van der Waals surface area contributed by atoms with E-state index < -0.39 is 5.41 Å². The van der Waals surface area contributed by atoms with Crippen LogP contribution in [0.2, 0.25) is 0 Å². The first kappa shape index (κ1) is 35.7. The first-order valence-electron chi connectivity index (χ1n) is 22.1. The molecule has 1 spiro atoms. The molecule has 11 aromatic carbocycles. The second-order valence-electron chi connectivity index (χ2n) is 17.2. The summed E-state index contributed by atoms with van der Waals surface area (Å²) in [5.74, 6) is 0. The van der Waals surface area contributed by atoms with Crippen molar-refractivity contribution in [2.45, 2.75) is 15.2 Å². The fourth-order valence-electron chi connectivity index (χ4n) is 11.4.